The monoisotopic (exact) mass is 379 g/mol. The lowest BCUT2D eigenvalue weighted by Crippen LogP contribution is -2.40. The van der Waals surface area contributed by atoms with Crippen LogP contribution in [-0.2, 0) is 12.8 Å². The molecule has 3 nitrogen and oxygen atoms in total. The van der Waals surface area contributed by atoms with Gasteiger partial charge >= 0.3 is 0 Å². The smallest absolute Gasteiger partial charge is 0.172 e. The highest BCUT2D eigenvalue weighted by atomic mass is 35.5. The highest BCUT2D eigenvalue weighted by Gasteiger charge is 2.19. The van der Waals surface area contributed by atoms with Gasteiger partial charge in [-0.3, -0.25) is 4.79 Å². The quantitative estimate of drug-likeness (QED) is 0.467. The van der Waals surface area contributed by atoms with Gasteiger partial charge in [-0.25, -0.2) is 0 Å². The molecule has 2 rings (SSSR count). The highest BCUT2D eigenvalue weighted by Crippen LogP contribution is 2.30. The van der Waals surface area contributed by atoms with Gasteiger partial charge in [0.25, 0.3) is 0 Å². The van der Waals surface area contributed by atoms with Crippen LogP contribution in [0.4, 0.5) is 0 Å². The zero-order chi connectivity index (χ0) is 18.3. The number of thiophene rings is 1. The predicted octanol–water partition coefficient (Wildman–Crippen LogP) is 4.64. The van der Waals surface area contributed by atoms with Crippen molar-refractivity contribution >= 4 is 28.7 Å². The van der Waals surface area contributed by atoms with E-state index in [0.29, 0.717) is 24.3 Å². The molecule has 0 aliphatic heterocycles. The van der Waals surface area contributed by atoms with Gasteiger partial charge < -0.3 is 10.8 Å². The first-order chi connectivity index (χ1) is 11.9. The number of unbranched alkanes of at least 4 members (excludes halogenated alkanes) is 1. The van der Waals surface area contributed by atoms with Crippen molar-refractivity contribution in [3.63, 3.8) is 0 Å². The van der Waals surface area contributed by atoms with Crippen LogP contribution in [0.3, 0.4) is 0 Å². The Morgan fingerprint density at radius 3 is 2.64 bits per heavy atom. The van der Waals surface area contributed by atoms with Gasteiger partial charge in [0.1, 0.15) is 0 Å². The number of rotatable bonds is 10. The Kier molecular flexibility index (Phi) is 7.63. The summed E-state index contributed by atoms with van der Waals surface area (Å²) in [5.74, 6) is 0.156. The number of aryl methyl sites for hydroxylation is 2. The summed E-state index contributed by atoms with van der Waals surface area (Å²) in [5.41, 5.74) is 6.65. The summed E-state index contributed by atoms with van der Waals surface area (Å²) in [4.78, 5) is 14.1. The van der Waals surface area contributed by atoms with E-state index in [1.54, 1.807) is 6.07 Å². The van der Waals surface area contributed by atoms with Gasteiger partial charge in [0.2, 0.25) is 0 Å². The minimum absolute atomic E-state index is 0.0663. The fourth-order valence-electron chi connectivity index (χ4n) is 2.58. The number of aliphatic hydroxyl groups is 1. The van der Waals surface area contributed by atoms with Crippen LogP contribution in [0.1, 0.15) is 52.7 Å². The first-order valence-corrected chi connectivity index (χ1v) is 9.86. The van der Waals surface area contributed by atoms with Crippen molar-refractivity contribution in [2.75, 3.05) is 6.61 Å². The number of hydrogen-bond acceptors (Lipinski definition) is 4. The largest absolute Gasteiger partial charge is 0.394 e. The first-order valence-electron chi connectivity index (χ1n) is 8.66. The molecule has 0 bridgehead atoms. The van der Waals surface area contributed by atoms with E-state index in [2.05, 4.69) is 12.1 Å². The van der Waals surface area contributed by atoms with Crippen molar-refractivity contribution in [3.05, 3.63) is 56.7 Å². The zero-order valence-corrected chi connectivity index (χ0v) is 16.2. The van der Waals surface area contributed by atoms with Crippen molar-refractivity contribution in [1.82, 2.24) is 0 Å². The molecule has 2 aromatic rings. The first kappa shape index (κ1) is 20.1. The number of halogens is 1. The predicted molar refractivity (Wildman–Crippen MR) is 106 cm³/mol. The molecule has 1 aromatic carbocycles. The topological polar surface area (TPSA) is 63.3 Å². The summed E-state index contributed by atoms with van der Waals surface area (Å²) in [6.45, 7) is 1.75. The number of benzene rings is 1. The van der Waals surface area contributed by atoms with Gasteiger partial charge in [0, 0.05) is 16.8 Å². The SMILES string of the molecule is CC(N)(CO)CCc1sc(C(=O)CCCCc2ccccc2)cc1Cl. The molecule has 1 aromatic heterocycles. The van der Waals surface area contributed by atoms with Gasteiger partial charge in [0.15, 0.2) is 5.78 Å². The van der Waals surface area contributed by atoms with Crippen LogP contribution in [-0.4, -0.2) is 23.0 Å². The van der Waals surface area contributed by atoms with Crippen molar-refractivity contribution in [3.8, 4) is 0 Å². The molecule has 0 saturated heterocycles. The number of carbonyl (C=O) groups is 1. The minimum Gasteiger partial charge on any atom is -0.394 e. The molecule has 1 heterocycles. The Morgan fingerprint density at radius 2 is 1.96 bits per heavy atom. The van der Waals surface area contributed by atoms with Crippen molar-refractivity contribution in [2.24, 2.45) is 5.73 Å². The second-order valence-electron chi connectivity index (χ2n) is 6.81. The average Bonchev–Trinajstić information content (AvgIpc) is 2.99. The van der Waals surface area contributed by atoms with Crippen molar-refractivity contribution in [2.45, 2.75) is 51.0 Å². The second kappa shape index (κ2) is 9.48. The van der Waals surface area contributed by atoms with E-state index in [4.69, 9.17) is 17.3 Å². The molecule has 3 N–H and O–H groups in total. The van der Waals surface area contributed by atoms with E-state index in [9.17, 15) is 9.90 Å². The number of ketones is 1. The Labute approximate surface area is 158 Å². The summed E-state index contributed by atoms with van der Waals surface area (Å²) < 4.78 is 0. The van der Waals surface area contributed by atoms with E-state index < -0.39 is 5.54 Å². The third-order valence-corrected chi connectivity index (χ3v) is 5.96. The van der Waals surface area contributed by atoms with E-state index >= 15 is 0 Å². The number of hydrogen-bond donors (Lipinski definition) is 2. The molecule has 0 aliphatic carbocycles. The maximum Gasteiger partial charge on any atom is 0.172 e. The Bertz CT molecular complexity index is 682. The Hall–Kier alpha value is -1.20. The molecule has 0 aliphatic rings. The molecule has 0 fully saturated rings. The van der Waals surface area contributed by atoms with Gasteiger partial charge in [-0.2, -0.15) is 0 Å². The zero-order valence-electron chi connectivity index (χ0n) is 14.6. The van der Waals surface area contributed by atoms with Crippen LogP contribution in [0.2, 0.25) is 5.02 Å². The third kappa shape index (κ3) is 6.55. The molecule has 0 spiro atoms. The van der Waals surface area contributed by atoms with Crippen LogP contribution in [0.15, 0.2) is 36.4 Å². The molecular formula is C20H26ClNO2S. The molecule has 1 atom stereocenters. The summed E-state index contributed by atoms with van der Waals surface area (Å²) in [5, 5.41) is 9.86. The maximum absolute atomic E-state index is 12.4. The number of nitrogens with two attached hydrogens (primary N) is 1. The van der Waals surface area contributed by atoms with E-state index in [0.717, 1.165) is 29.0 Å². The molecule has 1 unspecified atom stereocenters. The van der Waals surface area contributed by atoms with E-state index in [-0.39, 0.29) is 12.4 Å². The lowest BCUT2D eigenvalue weighted by Gasteiger charge is -2.20. The maximum atomic E-state index is 12.4. The molecule has 0 amide bonds. The van der Waals surface area contributed by atoms with E-state index in [1.165, 1.54) is 16.9 Å². The molecule has 0 radical (unpaired) electrons. The third-order valence-electron chi connectivity index (χ3n) is 4.28. The van der Waals surface area contributed by atoms with Crippen molar-refractivity contribution in [1.29, 1.82) is 0 Å². The number of aliphatic hydroxyl groups excluding tert-OH is 1. The minimum atomic E-state index is -0.616. The van der Waals surface area contributed by atoms with Crippen LogP contribution >= 0.6 is 22.9 Å². The lowest BCUT2D eigenvalue weighted by atomic mass is 9.98. The molecule has 136 valence electrons. The molecule has 0 saturated carbocycles. The standard InChI is InChI=1S/C20H26ClNO2S/c1-20(22,14-23)12-11-18-16(21)13-19(25-18)17(24)10-6-5-9-15-7-3-2-4-8-15/h2-4,7-8,13,23H,5-6,9-12,14,22H2,1H3. The summed E-state index contributed by atoms with van der Waals surface area (Å²) >= 11 is 7.71. The van der Waals surface area contributed by atoms with Crippen LogP contribution in [0.5, 0.6) is 0 Å². The Morgan fingerprint density at radius 1 is 1.24 bits per heavy atom. The fraction of sp³-hybridized carbons (Fsp3) is 0.450. The van der Waals surface area contributed by atoms with Crippen LogP contribution < -0.4 is 5.73 Å². The van der Waals surface area contributed by atoms with Gasteiger partial charge in [-0.15, -0.1) is 11.3 Å². The number of Topliss-reactive ketones (excluding diaryl/α,β-unsaturated/α-hetero) is 1. The van der Waals surface area contributed by atoms with Gasteiger partial charge in [-0.05, 0) is 50.7 Å². The molecule has 25 heavy (non-hydrogen) atoms. The van der Waals surface area contributed by atoms with Crippen LogP contribution in [0, 0.1) is 0 Å². The van der Waals surface area contributed by atoms with Gasteiger partial charge in [0.05, 0.1) is 16.5 Å². The summed E-state index contributed by atoms with van der Waals surface area (Å²) in [6, 6.07) is 12.1. The summed E-state index contributed by atoms with van der Waals surface area (Å²) in [6.07, 6.45) is 4.75. The highest BCUT2D eigenvalue weighted by molar-refractivity contribution is 7.14. The number of carbonyl (C=O) groups excluding carboxylic acids is 1. The Balaban J connectivity index is 1.80. The normalized spacial score (nSPS) is 13.6. The van der Waals surface area contributed by atoms with E-state index in [1.807, 2.05) is 25.1 Å². The molecular weight excluding hydrogens is 354 g/mol. The van der Waals surface area contributed by atoms with Crippen molar-refractivity contribution < 1.29 is 9.90 Å². The lowest BCUT2D eigenvalue weighted by molar-refractivity contribution is 0.0983. The van der Waals surface area contributed by atoms with Crippen LogP contribution in [0.25, 0.3) is 0 Å². The molecule has 5 heteroatoms. The second-order valence-corrected chi connectivity index (χ2v) is 8.35. The summed E-state index contributed by atoms with van der Waals surface area (Å²) in [7, 11) is 0. The fourth-order valence-corrected chi connectivity index (χ4v) is 3.98. The van der Waals surface area contributed by atoms with Gasteiger partial charge in [-0.1, -0.05) is 41.9 Å². The average molecular weight is 380 g/mol.